The Bertz CT molecular complexity index is 748. The Kier molecular flexibility index (Phi) is 2.66. The number of nitrogens with zero attached hydrogens (tertiary/aromatic N) is 2. The van der Waals surface area contributed by atoms with Crippen molar-refractivity contribution in [2.24, 2.45) is 0 Å². The Morgan fingerprint density at radius 2 is 2.00 bits per heavy atom. The summed E-state index contributed by atoms with van der Waals surface area (Å²) in [6.45, 7) is 0. The predicted molar refractivity (Wildman–Crippen MR) is 82.5 cm³/mol. The van der Waals surface area contributed by atoms with E-state index in [0.29, 0.717) is 18.5 Å². The van der Waals surface area contributed by atoms with E-state index in [0.717, 1.165) is 11.3 Å². The minimum atomic E-state index is -0.609. The van der Waals surface area contributed by atoms with Gasteiger partial charge in [0.15, 0.2) is 0 Å². The van der Waals surface area contributed by atoms with Crippen molar-refractivity contribution in [1.82, 2.24) is 0 Å². The average molecular weight is 296 g/mol. The molecule has 112 valence electrons. The highest BCUT2D eigenvalue weighted by molar-refractivity contribution is 6.04. The number of nitrogens with one attached hydrogen (secondary N) is 1. The second-order valence-electron chi connectivity index (χ2n) is 5.55. The lowest BCUT2D eigenvalue weighted by atomic mass is 9.97. The number of anilines is 3. The Morgan fingerprint density at radius 3 is 2.73 bits per heavy atom. The zero-order chi connectivity index (χ0) is 15.3. The third-order valence-corrected chi connectivity index (χ3v) is 4.37. The Hall–Kier alpha value is -2.57. The molecule has 6 heteroatoms. The fraction of sp³-hybridized carbons (Fsp3) is 0.188. The molecular weight excluding hydrogens is 282 g/mol. The molecule has 1 unspecified atom stereocenters. The first kappa shape index (κ1) is 13.1. The van der Waals surface area contributed by atoms with Gasteiger partial charge in [0.05, 0.1) is 17.1 Å². The highest BCUT2D eigenvalue weighted by atomic mass is 16.8. The topological polar surface area (TPSA) is 78.9 Å². The quantitative estimate of drug-likeness (QED) is 0.833. The van der Waals surface area contributed by atoms with Gasteiger partial charge < -0.3 is 15.8 Å². The summed E-state index contributed by atoms with van der Waals surface area (Å²) in [5.74, 6) is 0.0471. The van der Waals surface area contributed by atoms with Crippen LogP contribution in [-0.2, 0) is 10.5 Å². The summed E-state index contributed by atoms with van der Waals surface area (Å²) >= 11 is 0. The van der Waals surface area contributed by atoms with Crippen LogP contribution >= 0.6 is 0 Å². The summed E-state index contributed by atoms with van der Waals surface area (Å²) < 4.78 is 0. The monoisotopic (exact) mass is 296 g/mol. The van der Waals surface area contributed by atoms with E-state index in [1.165, 1.54) is 6.07 Å². The first-order chi connectivity index (χ1) is 10.6. The molecule has 0 saturated carbocycles. The Morgan fingerprint density at radius 1 is 1.23 bits per heavy atom. The lowest BCUT2D eigenvalue weighted by Crippen LogP contribution is -2.44. The van der Waals surface area contributed by atoms with Crippen molar-refractivity contribution in [3.8, 4) is 0 Å². The van der Waals surface area contributed by atoms with Gasteiger partial charge in [0, 0.05) is 12.8 Å². The van der Waals surface area contributed by atoms with E-state index in [9.17, 15) is 10.0 Å². The maximum atomic E-state index is 12.4. The molecule has 1 saturated heterocycles. The zero-order valence-electron chi connectivity index (χ0n) is 11.7. The first-order valence-corrected chi connectivity index (χ1v) is 7.09. The van der Waals surface area contributed by atoms with Crippen LogP contribution in [0, 0.1) is 5.21 Å². The largest absolute Gasteiger partial charge is 0.733 e. The summed E-state index contributed by atoms with van der Waals surface area (Å²) in [5.41, 5.74) is 1.92. The van der Waals surface area contributed by atoms with Gasteiger partial charge in [-0.2, -0.15) is 0 Å². The molecule has 2 heterocycles. The molecule has 2 aliphatic rings. The van der Waals surface area contributed by atoms with Crippen LogP contribution in [0.25, 0.3) is 0 Å². The van der Waals surface area contributed by atoms with Crippen molar-refractivity contribution in [1.29, 1.82) is 0 Å². The van der Waals surface area contributed by atoms with Crippen LogP contribution in [0.5, 0.6) is 0 Å². The van der Waals surface area contributed by atoms with Crippen molar-refractivity contribution < 1.29 is 10.0 Å². The van der Waals surface area contributed by atoms with Crippen LogP contribution in [-0.4, -0.2) is 11.1 Å². The van der Waals surface area contributed by atoms with E-state index in [2.05, 4.69) is 5.32 Å². The number of hydrogen-bond donors (Lipinski definition) is 2. The van der Waals surface area contributed by atoms with Crippen molar-refractivity contribution in [2.75, 3.05) is 15.4 Å². The second kappa shape index (κ2) is 4.46. The van der Waals surface area contributed by atoms with E-state index in [4.69, 9.17) is 5.21 Å². The molecule has 0 bridgehead atoms. The molecule has 2 N–H and O–H groups in total. The lowest BCUT2D eigenvalue weighted by Gasteiger charge is -2.32. The van der Waals surface area contributed by atoms with Crippen molar-refractivity contribution in [3.05, 3.63) is 59.3 Å². The molecule has 0 aliphatic carbocycles. The lowest BCUT2D eigenvalue weighted by molar-refractivity contribution is -0.117. The highest BCUT2D eigenvalue weighted by Crippen LogP contribution is 2.52. The van der Waals surface area contributed by atoms with Gasteiger partial charge in [0.2, 0.25) is 5.91 Å². The predicted octanol–water partition coefficient (Wildman–Crippen LogP) is 2.79. The summed E-state index contributed by atoms with van der Waals surface area (Å²) in [6, 6.07) is 14.5. The summed E-state index contributed by atoms with van der Waals surface area (Å²) in [5, 5.41) is 23.3. The third-order valence-electron chi connectivity index (χ3n) is 4.37. The zero-order valence-corrected chi connectivity index (χ0v) is 11.7. The number of hydrogen-bond acceptors (Lipinski definition) is 5. The fourth-order valence-electron chi connectivity index (χ4n) is 3.40. The molecule has 0 radical (unpaired) electrons. The van der Waals surface area contributed by atoms with Gasteiger partial charge in [-0.15, -0.1) is 0 Å². The number of fused-ring (bicyclic) bond motifs is 3. The van der Waals surface area contributed by atoms with Crippen LogP contribution in [0.1, 0.15) is 18.4 Å². The smallest absolute Gasteiger partial charge is 0.229 e. The minimum Gasteiger partial charge on any atom is -0.733 e. The van der Waals surface area contributed by atoms with Crippen LogP contribution in [0.3, 0.4) is 0 Å². The molecule has 0 spiro atoms. The van der Waals surface area contributed by atoms with Crippen LogP contribution in [0.4, 0.5) is 17.1 Å². The van der Waals surface area contributed by atoms with Gasteiger partial charge in [0.1, 0.15) is 5.66 Å². The SMILES string of the molecule is O=C1CCC2(c3ccccc3)Nc3cc(N([O-])O)ccc3N12. The number of rotatable bonds is 2. The minimum absolute atomic E-state index is 0.0471. The molecule has 0 aromatic heterocycles. The number of carbonyl (C=O) groups excluding carboxylic acids is 1. The number of amides is 1. The van der Waals surface area contributed by atoms with Gasteiger partial charge in [-0.1, -0.05) is 30.3 Å². The molecule has 2 aromatic carbocycles. The van der Waals surface area contributed by atoms with E-state index in [1.54, 1.807) is 17.0 Å². The van der Waals surface area contributed by atoms with Crippen molar-refractivity contribution >= 4 is 23.0 Å². The van der Waals surface area contributed by atoms with E-state index in [-0.39, 0.29) is 16.8 Å². The molecular formula is C16H14N3O3-. The van der Waals surface area contributed by atoms with Crippen LogP contribution < -0.4 is 15.4 Å². The maximum Gasteiger partial charge on any atom is 0.229 e. The summed E-state index contributed by atoms with van der Waals surface area (Å²) in [7, 11) is 0. The van der Waals surface area contributed by atoms with Gasteiger partial charge in [-0.25, -0.2) is 0 Å². The summed E-state index contributed by atoms with van der Waals surface area (Å²) in [6.07, 6.45) is 1.12. The first-order valence-electron chi connectivity index (χ1n) is 7.09. The molecule has 1 amide bonds. The maximum absolute atomic E-state index is 12.4. The van der Waals surface area contributed by atoms with Crippen molar-refractivity contribution in [2.45, 2.75) is 18.5 Å². The van der Waals surface area contributed by atoms with Gasteiger partial charge in [0.25, 0.3) is 0 Å². The van der Waals surface area contributed by atoms with Gasteiger partial charge in [-0.05, 0) is 23.8 Å². The molecule has 2 aliphatic heterocycles. The number of benzene rings is 2. The Labute approximate surface area is 127 Å². The third kappa shape index (κ3) is 1.65. The van der Waals surface area contributed by atoms with Gasteiger partial charge in [-0.3, -0.25) is 14.9 Å². The van der Waals surface area contributed by atoms with E-state index >= 15 is 0 Å². The standard InChI is InChI=1S/C16H14N3O3/c20-15-8-9-16(11-4-2-1-3-5-11)17-13-10-12(19(21)22)6-7-14(13)18(15)16/h1-7,10,17,21H,8-9H2/q-1. The molecule has 4 rings (SSSR count). The van der Waals surface area contributed by atoms with E-state index < -0.39 is 5.66 Å². The molecule has 22 heavy (non-hydrogen) atoms. The number of carbonyl (C=O) groups is 1. The second-order valence-corrected chi connectivity index (χ2v) is 5.55. The molecule has 1 atom stereocenters. The van der Waals surface area contributed by atoms with Crippen LogP contribution in [0.2, 0.25) is 0 Å². The van der Waals surface area contributed by atoms with Gasteiger partial charge >= 0.3 is 0 Å². The fourth-order valence-corrected chi connectivity index (χ4v) is 3.40. The Balaban J connectivity index is 1.86. The van der Waals surface area contributed by atoms with Crippen LogP contribution in [0.15, 0.2) is 48.5 Å². The van der Waals surface area contributed by atoms with Crippen molar-refractivity contribution in [3.63, 3.8) is 0 Å². The molecule has 6 nitrogen and oxygen atoms in total. The average Bonchev–Trinajstić information content (AvgIpc) is 3.03. The van der Waals surface area contributed by atoms with E-state index in [1.807, 2.05) is 30.3 Å². The summed E-state index contributed by atoms with van der Waals surface area (Å²) in [4.78, 5) is 14.1. The highest BCUT2D eigenvalue weighted by Gasteiger charge is 2.52. The molecule has 2 aromatic rings. The normalized spacial score (nSPS) is 22.3. The molecule has 1 fully saturated rings.